The molecule has 0 bridgehead atoms. The van der Waals surface area contributed by atoms with Gasteiger partial charge >= 0.3 is 0 Å². The highest BCUT2D eigenvalue weighted by molar-refractivity contribution is 7.89. The second-order valence-electron chi connectivity index (χ2n) is 7.86. The van der Waals surface area contributed by atoms with Crippen molar-refractivity contribution in [3.8, 4) is 11.5 Å². The number of ether oxygens (including phenoxy) is 3. The van der Waals surface area contributed by atoms with Crippen LogP contribution in [-0.4, -0.2) is 58.1 Å². The molecule has 0 aromatic heterocycles. The smallest absolute Gasteiger partial charge is 0.265 e. The number of methoxy groups -OCH3 is 1. The van der Waals surface area contributed by atoms with Crippen molar-refractivity contribution in [2.45, 2.75) is 24.3 Å². The Morgan fingerprint density at radius 1 is 1.06 bits per heavy atom. The molecule has 1 aliphatic rings. The lowest BCUT2D eigenvalue weighted by Crippen LogP contribution is -2.40. The van der Waals surface area contributed by atoms with Crippen LogP contribution in [0.3, 0.4) is 0 Å². The molecule has 3 aromatic carbocycles. The summed E-state index contributed by atoms with van der Waals surface area (Å²) in [5.41, 5.74) is 0.266. The van der Waals surface area contributed by atoms with E-state index < -0.39 is 22.0 Å². The third-order valence-corrected chi connectivity index (χ3v) is 7.61. The number of benzene rings is 3. The predicted molar refractivity (Wildman–Crippen MR) is 130 cm³/mol. The predicted octanol–water partition coefficient (Wildman–Crippen LogP) is 3.67. The van der Waals surface area contributed by atoms with E-state index in [0.717, 1.165) is 10.8 Å². The molecule has 1 heterocycles. The zero-order valence-corrected chi connectivity index (χ0v) is 20.0. The molecule has 1 atom stereocenters. The molecule has 1 fully saturated rings. The molecule has 0 spiro atoms. The molecule has 0 saturated carbocycles. The number of carbonyl (C=O) groups is 1. The van der Waals surface area contributed by atoms with Crippen LogP contribution in [0.1, 0.15) is 13.3 Å². The van der Waals surface area contributed by atoms with E-state index in [4.69, 9.17) is 14.2 Å². The summed E-state index contributed by atoms with van der Waals surface area (Å²) in [4.78, 5) is 13.2. The van der Waals surface area contributed by atoms with Gasteiger partial charge in [0.25, 0.3) is 5.91 Å². The highest BCUT2D eigenvalue weighted by Crippen LogP contribution is 2.31. The molecular weight excluding hydrogens is 456 g/mol. The first kappa shape index (κ1) is 24.0. The number of fused-ring (bicyclic) bond motifs is 1. The number of amides is 1. The maximum atomic E-state index is 13.1. The molecule has 1 amide bonds. The van der Waals surface area contributed by atoms with E-state index in [2.05, 4.69) is 5.32 Å². The van der Waals surface area contributed by atoms with Crippen molar-refractivity contribution in [2.24, 2.45) is 0 Å². The quantitative estimate of drug-likeness (QED) is 0.524. The number of hydrogen-bond acceptors (Lipinski definition) is 6. The van der Waals surface area contributed by atoms with Crippen molar-refractivity contribution in [3.63, 3.8) is 0 Å². The summed E-state index contributed by atoms with van der Waals surface area (Å²) in [6.07, 6.45) is -0.363. The minimum atomic E-state index is -3.73. The van der Waals surface area contributed by atoms with Crippen molar-refractivity contribution in [1.29, 1.82) is 0 Å². The van der Waals surface area contributed by atoms with Crippen LogP contribution in [0.4, 0.5) is 5.69 Å². The lowest BCUT2D eigenvalue weighted by atomic mass is 10.1. The zero-order chi connectivity index (χ0) is 24.1. The Balaban J connectivity index is 1.57. The average molecular weight is 485 g/mol. The molecule has 1 saturated heterocycles. The van der Waals surface area contributed by atoms with E-state index in [1.54, 1.807) is 0 Å². The highest BCUT2D eigenvalue weighted by Gasteiger charge is 2.28. The standard InChI is InChI=1S/C25H28N2O6S/c1-3-22(33-23-10-6-8-18-7-4-5-9-20(18)23)25(28)26-21-17-19(11-12-24(21)31-2)34(29,30)27-13-15-32-16-14-27/h4-12,17,22H,3,13-16H2,1-2H3,(H,26,28)/t22-/m0/s1. The van der Waals surface area contributed by atoms with Crippen LogP contribution in [0, 0.1) is 0 Å². The van der Waals surface area contributed by atoms with Crippen LogP contribution < -0.4 is 14.8 Å². The molecular formula is C25H28N2O6S. The Kier molecular flexibility index (Phi) is 7.35. The first-order valence-corrected chi connectivity index (χ1v) is 12.6. The number of nitrogens with zero attached hydrogens (tertiary/aromatic N) is 1. The van der Waals surface area contributed by atoms with Gasteiger partial charge in [-0.2, -0.15) is 4.31 Å². The lowest BCUT2D eigenvalue weighted by Gasteiger charge is -2.26. The average Bonchev–Trinajstić information content (AvgIpc) is 2.87. The minimum absolute atomic E-state index is 0.0773. The Morgan fingerprint density at radius 3 is 2.53 bits per heavy atom. The second-order valence-corrected chi connectivity index (χ2v) is 9.80. The highest BCUT2D eigenvalue weighted by atomic mass is 32.2. The third-order valence-electron chi connectivity index (χ3n) is 5.72. The lowest BCUT2D eigenvalue weighted by molar-refractivity contribution is -0.122. The molecule has 0 radical (unpaired) electrons. The van der Waals surface area contributed by atoms with E-state index in [1.165, 1.54) is 29.6 Å². The fraction of sp³-hybridized carbons (Fsp3) is 0.320. The van der Waals surface area contributed by atoms with E-state index in [0.29, 0.717) is 31.1 Å². The van der Waals surface area contributed by atoms with Gasteiger partial charge in [0.1, 0.15) is 11.5 Å². The van der Waals surface area contributed by atoms with Crippen molar-refractivity contribution in [1.82, 2.24) is 4.31 Å². The summed E-state index contributed by atoms with van der Waals surface area (Å²) < 4.78 is 44.2. The van der Waals surface area contributed by atoms with Crippen LogP contribution in [-0.2, 0) is 19.6 Å². The second kappa shape index (κ2) is 10.4. The normalized spacial score (nSPS) is 15.6. The summed E-state index contributed by atoms with van der Waals surface area (Å²) in [5.74, 6) is 0.569. The maximum absolute atomic E-state index is 13.1. The van der Waals surface area contributed by atoms with E-state index in [9.17, 15) is 13.2 Å². The van der Waals surface area contributed by atoms with Gasteiger partial charge in [0.2, 0.25) is 10.0 Å². The summed E-state index contributed by atoms with van der Waals surface area (Å²) in [6, 6.07) is 17.9. The van der Waals surface area contributed by atoms with Gasteiger partial charge in [0.05, 0.1) is 30.9 Å². The molecule has 3 aromatic rings. The van der Waals surface area contributed by atoms with Crippen molar-refractivity contribution in [3.05, 3.63) is 60.7 Å². The first-order chi connectivity index (χ1) is 16.4. The molecule has 9 heteroatoms. The van der Waals surface area contributed by atoms with Crippen LogP contribution in [0.2, 0.25) is 0 Å². The molecule has 1 aliphatic heterocycles. The molecule has 0 unspecified atom stereocenters. The van der Waals surface area contributed by atoms with Gasteiger partial charge in [-0.15, -0.1) is 0 Å². The molecule has 34 heavy (non-hydrogen) atoms. The number of morpholine rings is 1. The number of carbonyl (C=O) groups excluding carboxylic acids is 1. The first-order valence-electron chi connectivity index (χ1n) is 11.1. The van der Waals surface area contributed by atoms with Crippen molar-refractivity contribution in [2.75, 3.05) is 38.7 Å². The van der Waals surface area contributed by atoms with Gasteiger partial charge in [-0.3, -0.25) is 4.79 Å². The van der Waals surface area contributed by atoms with Gasteiger partial charge in [-0.05, 0) is 36.1 Å². The van der Waals surface area contributed by atoms with E-state index in [1.807, 2.05) is 49.4 Å². The Labute approximate surface area is 199 Å². The van der Waals surface area contributed by atoms with E-state index in [-0.39, 0.29) is 23.7 Å². The van der Waals surface area contributed by atoms with Gasteiger partial charge in [-0.25, -0.2) is 8.42 Å². The molecule has 8 nitrogen and oxygen atoms in total. The van der Waals surface area contributed by atoms with Crippen LogP contribution >= 0.6 is 0 Å². The van der Waals surface area contributed by atoms with Crippen LogP contribution in [0.25, 0.3) is 10.8 Å². The Bertz CT molecular complexity index is 1270. The minimum Gasteiger partial charge on any atom is -0.495 e. The fourth-order valence-electron chi connectivity index (χ4n) is 3.87. The summed E-state index contributed by atoms with van der Waals surface area (Å²) in [6.45, 7) is 3.12. The SMILES string of the molecule is CC[C@H](Oc1cccc2ccccc12)C(=O)Nc1cc(S(=O)(=O)N2CCOCC2)ccc1OC. The molecule has 4 rings (SSSR count). The summed E-state index contributed by atoms with van der Waals surface area (Å²) in [7, 11) is -2.27. The molecule has 180 valence electrons. The van der Waals surface area contributed by atoms with Crippen molar-refractivity contribution < 1.29 is 27.4 Å². The monoisotopic (exact) mass is 484 g/mol. The van der Waals surface area contributed by atoms with Crippen molar-refractivity contribution >= 4 is 32.4 Å². The summed E-state index contributed by atoms with van der Waals surface area (Å²) >= 11 is 0. The van der Waals surface area contributed by atoms with E-state index >= 15 is 0 Å². The number of nitrogens with one attached hydrogen (secondary N) is 1. The largest absolute Gasteiger partial charge is 0.495 e. The molecule has 0 aliphatic carbocycles. The number of hydrogen-bond donors (Lipinski definition) is 1. The van der Waals surface area contributed by atoms with Gasteiger partial charge in [-0.1, -0.05) is 43.3 Å². The number of anilines is 1. The Hall–Kier alpha value is -3.14. The van der Waals surface area contributed by atoms with Gasteiger partial charge in [0, 0.05) is 18.5 Å². The molecule has 1 N–H and O–H groups in total. The van der Waals surface area contributed by atoms with Gasteiger partial charge < -0.3 is 19.5 Å². The topological polar surface area (TPSA) is 94.2 Å². The third kappa shape index (κ3) is 5.01. The maximum Gasteiger partial charge on any atom is 0.265 e. The number of sulfonamides is 1. The van der Waals surface area contributed by atoms with Crippen LogP contribution in [0.15, 0.2) is 65.6 Å². The zero-order valence-electron chi connectivity index (χ0n) is 19.2. The number of rotatable bonds is 8. The summed E-state index contributed by atoms with van der Waals surface area (Å²) in [5, 5.41) is 4.72. The fourth-order valence-corrected chi connectivity index (χ4v) is 5.30. The van der Waals surface area contributed by atoms with Gasteiger partial charge in [0.15, 0.2) is 6.10 Å². The Morgan fingerprint density at radius 2 is 1.79 bits per heavy atom. The van der Waals surface area contributed by atoms with Crippen LogP contribution in [0.5, 0.6) is 11.5 Å².